The quantitative estimate of drug-likeness (QED) is 0.348. The van der Waals surface area contributed by atoms with Crippen LogP contribution in [-0.2, 0) is 25.6 Å². The number of rotatable bonds is 5. The number of hydrogen-bond donors (Lipinski definition) is 3. The Kier molecular flexibility index (Phi) is 6.47. The second-order valence-electron chi connectivity index (χ2n) is 10.9. The molecule has 2 saturated carbocycles. The summed E-state index contributed by atoms with van der Waals surface area (Å²) in [6.45, 7) is 0. The minimum atomic E-state index is -2.79. The highest BCUT2D eigenvalue weighted by Gasteiger charge is 2.69. The van der Waals surface area contributed by atoms with E-state index in [1.165, 1.54) is 32.2 Å². The predicted molar refractivity (Wildman–Crippen MR) is 139 cm³/mol. The molecule has 5 rings (SSSR count). The summed E-state index contributed by atoms with van der Waals surface area (Å²) in [5.41, 5.74) is 4.18. The zero-order valence-electron chi connectivity index (χ0n) is 22.0. The zero-order valence-corrected chi connectivity index (χ0v) is 22.0. The molecule has 0 spiro atoms. The monoisotopic (exact) mass is 548 g/mol. The van der Waals surface area contributed by atoms with Crippen molar-refractivity contribution >= 4 is 35.3 Å². The third kappa shape index (κ3) is 3.65. The third-order valence-electron chi connectivity index (χ3n) is 8.59. The van der Waals surface area contributed by atoms with Crippen molar-refractivity contribution in [3.05, 3.63) is 47.0 Å². The molecule has 3 aliphatic rings. The molecule has 208 valence electrons. The average molecular weight is 549 g/mol. The van der Waals surface area contributed by atoms with Gasteiger partial charge in [0.2, 0.25) is 5.91 Å². The molecule has 0 saturated heterocycles. The topological polar surface area (TPSA) is 181 Å². The van der Waals surface area contributed by atoms with Gasteiger partial charge in [0.05, 0.1) is 24.6 Å². The zero-order chi connectivity index (χ0) is 29.3. The first kappa shape index (κ1) is 27.4. The van der Waals surface area contributed by atoms with E-state index in [-0.39, 0.29) is 24.2 Å². The first-order valence-corrected chi connectivity index (χ1v) is 12.7. The van der Waals surface area contributed by atoms with Crippen LogP contribution < -0.4 is 10.5 Å². The van der Waals surface area contributed by atoms with Gasteiger partial charge in [0, 0.05) is 17.0 Å². The van der Waals surface area contributed by atoms with Crippen molar-refractivity contribution in [1.29, 1.82) is 0 Å². The van der Waals surface area contributed by atoms with Gasteiger partial charge in [-0.3, -0.25) is 33.7 Å². The van der Waals surface area contributed by atoms with Gasteiger partial charge >= 0.3 is 0 Å². The van der Waals surface area contributed by atoms with Gasteiger partial charge in [-0.1, -0.05) is 6.07 Å². The van der Waals surface area contributed by atoms with E-state index in [4.69, 9.17) is 10.5 Å². The van der Waals surface area contributed by atoms with E-state index in [0.717, 1.165) is 0 Å². The molecular weight excluding hydrogens is 520 g/mol. The fraction of sp³-hybridized carbons (Fsp3) is 0.379. The number of benzene rings is 2. The Morgan fingerprint density at radius 3 is 2.40 bits per heavy atom. The summed E-state index contributed by atoms with van der Waals surface area (Å²) in [6, 6.07) is 6.45. The van der Waals surface area contributed by atoms with E-state index in [2.05, 4.69) is 0 Å². The van der Waals surface area contributed by atoms with Crippen LogP contribution in [0.5, 0.6) is 11.5 Å². The van der Waals surface area contributed by atoms with E-state index < -0.39 is 64.4 Å². The van der Waals surface area contributed by atoms with Gasteiger partial charge < -0.3 is 20.7 Å². The predicted octanol–water partition coefficient (Wildman–Crippen LogP) is 0.355. The van der Waals surface area contributed by atoms with Crippen molar-refractivity contribution in [3.8, 4) is 22.6 Å². The lowest BCUT2D eigenvalue weighted by molar-refractivity contribution is -0.181. The number of likely N-dealkylation sites (N-methyl/N-ethyl adjacent to an activating group) is 1. The number of fused-ring (bicyclic) bond motifs is 3. The second-order valence-corrected chi connectivity index (χ2v) is 10.9. The number of nitrogens with zero attached hydrogens (tertiary/aromatic N) is 1. The number of amides is 1. The first-order valence-electron chi connectivity index (χ1n) is 12.7. The maximum atomic E-state index is 13.9. The lowest BCUT2D eigenvalue weighted by atomic mass is 9.52. The molecule has 0 heterocycles. The number of methoxy groups -OCH3 is 1. The molecule has 0 bridgehead atoms. The summed E-state index contributed by atoms with van der Waals surface area (Å²) in [5, 5.41) is 22.4. The van der Waals surface area contributed by atoms with Crippen LogP contribution in [0.3, 0.4) is 0 Å². The first-order chi connectivity index (χ1) is 18.9. The van der Waals surface area contributed by atoms with E-state index >= 15 is 0 Å². The fourth-order valence-corrected chi connectivity index (χ4v) is 6.87. The summed E-state index contributed by atoms with van der Waals surface area (Å²) < 4.78 is 5.48. The molecule has 6 atom stereocenters. The number of phenolic OH excluding ortho intramolecular Hbond substituents is 1. The molecule has 40 heavy (non-hydrogen) atoms. The van der Waals surface area contributed by atoms with Gasteiger partial charge in [-0.05, 0) is 68.2 Å². The number of nitrogens with two attached hydrogens (primary N) is 1. The molecular formula is C29H28N2O9. The molecule has 2 aromatic rings. The summed E-state index contributed by atoms with van der Waals surface area (Å²) in [5.74, 6) is -10.7. The largest absolute Gasteiger partial charge is 0.507 e. The number of ether oxygens (including phenoxy) is 1. The minimum absolute atomic E-state index is 0.0650. The number of phenols is 1. The summed E-state index contributed by atoms with van der Waals surface area (Å²) in [4.78, 5) is 79.4. The molecule has 11 nitrogen and oxygen atoms in total. The Bertz CT molecular complexity index is 1510. The molecule has 1 amide bonds. The summed E-state index contributed by atoms with van der Waals surface area (Å²) >= 11 is 0. The Balaban J connectivity index is 1.68. The molecule has 2 unspecified atom stereocenters. The van der Waals surface area contributed by atoms with E-state index in [9.17, 15) is 39.0 Å². The molecule has 3 aliphatic carbocycles. The maximum Gasteiger partial charge on any atom is 0.235 e. The van der Waals surface area contributed by atoms with Crippen molar-refractivity contribution in [2.45, 2.75) is 24.5 Å². The molecule has 0 aliphatic heterocycles. The fourth-order valence-electron chi connectivity index (χ4n) is 6.87. The standard InChI is InChI=1S/C29H28N2O9/c1-31(2)23-17-10-13-9-16-14(15-8-12(11-32)4-7-19(15)40-3)5-6-18(33)21(16)24(34)20(13)26(36)29(17,39)27(37)22(25(23)35)28(30)38/h4-8,11,13,17,20,22-23,33,39H,9-10H2,1-3H3,(H2,30,38)/t13-,17-,20?,22?,23+,29-/m0/s1. The van der Waals surface area contributed by atoms with E-state index in [1.807, 2.05) is 0 Å². The summed E-state index contributed by atoms with van der Waals surface area (Å²) in [6.07, 6.45) is 0.685. The number of hydrogen-bond acceptors (Lipinski definition) is 10. The van der Waals surface area contributed by atoms with Crippen molar-refractivity contribution in [2.24, 2.45) is 29.4 Å². The Morgan fingerprint density at radius 1 is 1.10 bits per heavy atom. The molecule has 2 aromatic carbocycles. The van der Waals surface area contributed by atoms with Crippen molar-refractivity contribution < 1.29 is 43.7 Å². The highest BCUT2D eigenvalue weighted by atomic mass is 16.5. The van der Waals surface area contributed by atoms with Crippen LogP contribution in [0.15, 0.2) is 30.3 Å². The molecule has 2 fully saturated rings. The average Bonchev–Trinajstić information content (AvgIpc) is 2.90. The van der Waals surface area contributed by atoms with Gasteiger partial charge in [0.15, 0.2) is 34.7 Å². The summed E-state index contributed by atoms with van der Waals surface area (Å²) in [7, 11) is 4.50. The minimum Gasteiger partial charge on any atom is -0.507 e. The van der Waals surface area contributed by atoms with Crippen LogP contribution in [0.1, 0.15) is 32.7 Å². The number of aliphatic hydroxyl groups is 1. The van der Waals surface area contributed by atoms with Crippen molar-refractivity contribution in [2.75, 3.05) is 21.2 Å². The van der Waals surface area contributed by atoms with Crippen molar-refractivity contribution in [3.63, 3.8) is 0 Å². The maximum absolute atomic E-state index is 13.9. The van der Waals surface area contributed by atoms with Crippen LogP contribution in [0.4, 0.5) is 0 Å². The van der Waals surface area contributed by atoms with Gasteiger partial charge in [0.1, 0.15) is 17.8 Å². The smallest absolute Gasteiger partial charge is 0.235 e. The van der Waals surface area contributed by atoms with Crippen LogP contribution in [0.2, 0.25) is 0 Å². The number of aldehydes is 1. The number of carbonyl (C=O) groups excluding carboxylic acids is 6. The van der Waals surface area contributed by atoms with Crippen LogP contribution in [0, 0.1) is 23.7 Å². The highest BCUT2D eigenvalue weighted by Crippen LogP contribution is 2.52. The van der Waals surface area contributed by atoms with Gasteiger partial charge in [-0.2, -0.15) is 0 Å². The Hall–Kier alpha value is -4.22. The normalized spacial score (nSPS) is 29.5. The van der Waals surface area contributed by atoms with Gasteiger partial charge in [0.25, 0.3) is 0 Å². The number of ketones is 4. The second kappa shape index (κ2) is 9.46. The Morgan fingerprint density at radius 2 is 1.80 bits per heavy atom. The molecule has 4 N–H and O–H groups in total. The number of primary amides is 1. The van der Waals surface area contributed by atoms with Gasteiger partial charge in [-0.15, -0.1) is 0 Å². The SMILES string of the molecule is COc1ccc(C=O)cc1-c1ccc(O)c2c1C[C@H]1C[C@H]3[C@@H](N(C)C)C(=O)C(C(N)=O)C(=O)[C@@]3(O)C(=O)C1C2=O. The number of Topliss-reactive ketones (excluding diaryl/α,β-unsaturated/α-hetero) is 4. The van der Waals surface area contributed by atoms with Crippen molar-refractivity contribution in [1.82, 2.24) is 4.90 Å². The molecule has 0 aromatic heterocycles. The molecule has 0 radical (unpaired) electrons. The van der Waals surface area contributed by atoms with E-state index in [0.29, 0.717) is 34.3 Å². The van der Waals surface area contributed by atoms with Crippen LogP contribution in [-0.4, -0.2) is 83.3 Å². The number of carbonyl (C=O) groups is 6. The number of aromatic hydroxyl groups is 1. The lowest BCUT2D eigenvalue weighted by Gasteiger charge is -2.52. The highest BCUT2D eigenvalue weighted by molar-refractivity contribution is 6.32. The van der Waals surface area contributed by atoms with E-state index in [1.54, 1.807) is 24.3 Å². The lowest BCUT2D eigenvalue weighted by Crippen LogP contribution is -2.74. The third-order valence-corrected chi connectivity index (χ3v) is 8.59. The van der Waals surface area contributed by atoms with Crippen LogP contribution in [0.25, 0.3) is 11.1 Å². The van der Waals surface area contributed by atoms with Gasteiger partial charge in [-0.25, -0.2) is 0 Å². The Labute approximate surface area is 228 Å². The molecule has 11 heteroatoms. The van der Waals surface area contributed by atoms with Crippen LogP contribution >= 0.6 is 0 Å².